The van der Waals surface area contributed by atoms with Crippen LogP contribution in [0.25, 0.3) is 0 Å². The molecule has 0 heterocycles. The highest BCUT2D eigenvalue weighted by Crippen LogP contribution is 2.22. The number of amides is 1. The Morgan fingerprint density at radius 2 is 1.81 bits per heavy atom. The van der Waals surface area contributed by atoms with Crippen molar-refractivity contribution in [3.05, 3.63) is 34.9 Å². The summed E-state index contributed by atoms with van der Waals surface area (Å²) in [6, 6.07) is 3.47. The molecule has 0 bridgehead atoms. The number of rotatable bonds is 4. The summed E-state index contributed by atoms with van der Waals surface area (Å²) in [6.07, 6.45) is -6.91. The summed E-state index contributed by atoms with van der Waals surface area (Å²) in [5, 5.41) is 11.7. The Hall–Kier alpha value is -1.80. The van der Waals surface area contributed by atoms with Crippen molar-refractivity contribution in [1.29, 1.82) is 0 Å². The molecule has 116 valence electrons. The Balaban J connectivity index is 2.99. The molecule has 0 aromatic heterocycles. The summed E-state index contributed by atoms with van der Waals surface area (Å²) in [7, 11) is 0.920. The third-order valence-electron chi connectivity index (χ3n) is 2.53. The lowest BCUT2D eigenvalue weighted by Gasteiger charge is -2.22. The van der Waals surface area contributed by atoms with Crippen LogP contribution in [0.15, 0.2) is 24.3 Å². The Labute approximate surface area is 122 Å². The van der Waals surface area contributed by atoms with Crippen molar-refractivity contribution < 1.29 is 32.6 Å². The van der Waals surface area contributed by atoms with Crippen LogP contribution in [0.4, 0.5) is 13.2 Å². The van der Waals surface area contributed by atoms with Gasteiger partial charge in [-0.1, -0.05) is 23.7 Å². The molecule has 9 heteroatoms. The Bertz CT molecular complexity index is 518. The van der Waals surface area contributed by atoms with E-state index in [0.29, 0.717) is 5.02 Å². The quantitative estimate of drug-likeness (QED) is 0.824. The van der Waals surface area contributed by atoms with E-state index in [1.54, 1.807) is 0 Å². The van der Waals surface area contributed by atoms with Crippen molar-refractivity contribution in [1.82, 2.24) is 5.32 Å². The van der Waals surface area contributed by atoms with Crippen LogP contribution in [0, 0.1) is 0 Å². The van der Waals surface area contributed by atoms with Gasteiger partial charge in [0.05, 0.1) is 7.11 Å². The number of carbonyl (C=O) groups is 2. The number of benzene rings is 1. The van der Waals surface area contributed by atoms with E-state index in [2.05, 4.69) is 4.74 Å². The molecule has 0 fully saturated rings. The fourth-order valence-corrected chi connectivity index (χ4v) is 1.60. The Kier molecular flexibility index (Phi) is 5.56. The van der Waals surface area contributed by atoms with Gasteiger partial charge in [0.25, 0.3) is 0 Å². The van der Waals surface area contributed by atoms with Gasteiger partial charge >= 0.3 is 18.1 Å². The number of halogens is 4. The SMILES string of the molecule is COC(=O)[C@H](NC(=O)C(F)(F)F)[C@@H](O)c1ccc(Cl)cc1. The first kappa shape index (κ1) is 17.3. The van der Waals surface area contributed by atoms with E-state index in [4.69, 9.17) is 11.6 Å². The van der Waals surface area contributed by atoms with E-state index in [1.165, 1.54) is 29.6 Å². The number of methoxy groups -OCH3 is 1. The van der Waals surface area contributed by atoms with Gasteiger partial charge in [0.15, 0.2) is 6.04 Å². The molecule has 1 rings (SSSR count). The lowest BCUT2D eigenvalue weighted by Crippen LogP contribution is -2.50. The molecule has 0 unspecified atom stereocenters. The van der Waals surface area contributed by atoms with E-state index in [1.807, 2.05) is 0 Å². The highest BCUT2D eigenvalue weighted by Gasteiger charge is 2.42. The maximum Gasteiger partial charge on any atom is 0.471 e. The Morgan fingerprint density at radius 1 is 1.29 bits per heavy atom. The fraction of sp³-hybridized carbons (Fsp3) is 0.333. The van der Waals surface area contributed by atoms with Gasteiger partial charge in [-0.15, -0.1) is 0 Å². The monoisotopic (exact) mass is 325 g/mol. The molecule has 0 aliphatic carbocycles. The number of carbonyl (C=O) groups excluding carboxylic acids is 2. The number of nitrogens with one attached hydrogen (secondary N) is 1. The van der Waals surface area contributed by atoms with Crippen molar-refractivity contribution in [3.63, 3.8) is 0 Å². The van der Waals surface area contributed by atoms with Crippen molar-refractivity contribution in [2.75, 3.05) is 7.11 Å². The second kappa shape index (κ2) is 6.77. The normalized spacial score (nSPS) is 14.2. The molecule has 5 nitrogen and oxygen atoms in total. The van der Waals surface area contributed by atoms with Crippen LogP contribution in [0.3, 0.4) is 0 Å². The largest absolute Gasteiger partial charge is 0.471 e. The molecule has 1 aromatic carbocycles. The van der Waals surface area contributed by atoms with Crippen LogP contribution in [-0.4, -0.2) is 36.3 Å². The van der Waals surface area contributed by atoms with Crippen LogP contribution in [0.2, 0.25) is 5.02 Å². The van der Waals surface area contributed by atoms with Crippen molar-refractivity contribution >= 4 is 23.5 Å². The third kappa shape index (κ3) is 4.61. The molecule has 0 saturated carbocycles. The molecular weight excluding hydrogens is 315 g/mol. The minimum absolute atomic E-state index is 0.0947. The molecular formula is C12H11ClF3NO4. The molecule has 1 amide bonds. The van der Waals surface area contributed by atoms with Crippen LogP contribution in [0.1, 0.15) is 11.7 Å². The van der Waals surface area contributed by atoms with Gasteiger partial charge in [0, 0.05) is 5.02 Å². The molecule has 0 aliphatic heterocycles. The maximum atomic E-state index is 12.2. The van der Waals surface area contributed by atoms with Gasteiger partial charge in [0.1, 0.15) is 6.10 Å². The summed E-state index contributed by atoms with van der Waals surface area (Å²) in [6.45, 7) is 0. The van der Waals surface area contributed by atoms with E-state index >= 15 is 0 Å². The first-order chi connectivity index (χ1) is 9.66. The molecule has 1 aromatic rings. The molecule has 2 N–H and O–H groups in total. The summed E-state index contributed by atoms with van der Waals surface area (Å²) in [4.78, 5) is 22.4. The van der Waals surface area contributed by atoms with Crippen LogP contribution in [0.5, 0.6) is 0 Å². The average Bonchev–Trinajstić information content (AvgIpc) is 2.42. The van der Waals surface area contributed by atoms with Gasteiger partial charge in [-0.2, -0.15) is 13.2 Å². The molecule has 0 radical (unpaired) electrons. The van der Waals surface area contributed by atoms with Gasteiger partial charge in [-0.05, 0) is 17.7 Å². The van der Waals surface area contributed by atoms with Crippen LogP contribution < -0.4 is 5.32 Å². The Morgan fingerprint density at radius 3 is 2.24 bits per heavy atom. The van der Waals surface area contributed by atoms with Crippen LogP contribution in [-0.2, 0) is 14.3 Å². The maximum absolute atomic E-state index is 12.2. The number of alkyl halides is 3. The van der Waals surface area contributed by atoms with Gasteiger partial charge in [-0.3, -0.25) is 4.79 Å². The number of ether oxygens (including phenoxy) is 1. The lowest BCUT2D eigenvalue weighted by molar-refractivity contribution is -0.177. The number of aliphatic hydroxyl groups is 1. The van der Waals surface area contributed by atoms with Gasteiger partial charge in [-0.25, -0.2) is 4.79 Å². The fourth-order valence-electron chi connectivity index (χ4n) is 1.47. The zero-order chi connectivity index (χ0) is 16.2. The van der Waals surface area contributed by atoms with Gasteiger partial charge < -0.3 is 15.2 Å². The number of hydrogen-bond donors (Lipinski definition) is 2. The van der Waals surface area contributed by atoms with Crippen LogP contribution >= 0.6 is 11.6 Å². The highest BCUT2D eigenvalue weighted by molar-refractivity contribution is 6.30. The van der Waals surface area contributed by atoms with Gasteiger partial charge in [0.2, 0.25) is 0 Å². The summed E-state index contributed by atoms with van der Waals surface area (Å²) < 4.78 is 41.0. The zero-order valence-corrected chi connectivity index (χ0v) is 11.4. The minimum Gasteiger partial charge on any atom is -0.467 e. The van der Waals surface area contributed by atoms with Crippen molar-refractivity contribution in [3.8, 4) is 0 Å². The molecule has 0 spiro atoms. The first-order valence-corrected chi connectivity index (χ1v) is 5.93. The van der Waals surface area contributed by atoms with E-state index in [-0.39, 0.29) is 5.56 Å². The van der Waals surface area contributed by atoms with E-state index in [9.17, 15) is 27.9 Å². The predicted molar refractivity (Wildman–Crippen MR) is 66.4 cm³/mol. The first-order valence-electron chi connectivity index (χ1n) is 5.56. The van der Waals surface area contributed by atoms with E-state index < -0.39 is 30.2 Å². The minimum atomic E-state index is -5.19. The smallest absolute Gasteiger partial charge is 0.467 e. The standard InChI is InChI=1S/C12H11ClF3NO4/c1-21-10(19)8(17-11(20)12(14,15)16)9(18)6-2-4-7(13)5-3-6/h2-5,8-9,18H,1H3,(H,17,20)/t8-,9+/m1/s1. The highest BCUT2D eigenvalue weighted by atomic mass is 35.5. The second-order valence-corrected chi connectivity index (χ2v) is 4.40. The topological polar surface area (TPSA) is 75.6 Å². The van der Waals surface area contributed by atoms with E-state index in [0.717, 1.165) is 7.11 Å². The van der Waals surface area contributed by atoms with Crippen molar-refractivity contribution in [2.24, 2.45) is 0 Å². The predicted octanol–water partition coefficient (Wildman–Crippen LogP) is 1.59. The summed E-state index contributed by atoms with van der Waals surface area (Å²) in [5.41, 5.74) is 0.0947. The number of hydrogen-bond acceptors (Lipinski definition) is 4. The molecule has 0 aliphatic rings. The molecule has 21 heavy (non-hydrogen) atoms. The average molecular weight is 326 g/mol. The molecule has 2 atom stereocenters. The molecule has 0 saturated heterocycles. The summed E-state index contributed by atoms with van der Waals surface area (Å²) >= 11 is 5.64. The number of esters is 1. The number of aliphatic hydroxyl groups excluding tert-OH is 1. The summed E-state index contributed by atoms with van der Waals surface area (Å²) in [5.74, 6) is -3.57. The van der Waals surface area contributed by atoms with Crippen molar-refractivity contribution in [2.45, 2.75) is 18.3 Å². The third-order valence-corrected chi connectivity index (χ3v) is 2.78. The lowest BCUT2D eigenvalue weighted by atomic mass is 10.0. The second-order valence-electron chi connectivity index (χ2n) is 3.97. The zero-order valence-electron chi connectivity index (χ0n) is 10.6.